The lowest BCUT2D eigenvalue weighted by Gasteiger charge is -2.27. The number of benzene rings is 2. The van der Waals surface area contributed by atoms with Crippen molar-refractivity contribution in [1.82, 2.24) is 14.8 Å². The number of morpholine rings is 1. The molecule has 0 saturated carbocycles. The number of pyridine rings is 1. The molecule has 0 unspecified atom stereocenters. The van der Waals surface area contributed by atoms with E-state index in [4.69, 9.17) is 16.3 Å². The van der Waals surface area contributed by atoms with Gasteiger partial charge in [-0.25, -0.2) is 0 Å². The van der Waals surface area contributed by atoms with Crippen LogP contribution < -0.4 is 10.9 Å². The van der Waals surface area contributed by atoms with Gasteiger partial charge in [0.25, 0.3) is 11.5 Å². The highest BCUT2D eigenvalue weighted by atomic mass is 35.5. The number of aromatic nitrogens is 1. The molecule has 1 saturated heterocycles. The Morgan fingerprint density at radius 3 is 2.58 bits per heavy atom. The number of rotatable bonds is 5. The van der Waals surface area contributed by atoms with Crippen molar-refractivity contribution in [1.29, 1.82) is 0 Å². The zero-order valence-corrected chi connectivity index (χ0v) is 17.6. The van der Waals surface area contributed by atoms with Gasteiger partial charge in [-0.3, -0.25) is 19.0 Å². The first-order chi connectivity index (χ1) is 15.0. The maximum Gasteiger partial charge on any atom is 0.254 e. The summed E-state index contributed by atoms with van der Waals surface area (Å²) in [5, 5.41) is 4.04. The third-order valence-electron chi connectivity index (χ3n) is 5.23. The number of halogens is 1. The van der Waals surface area contributed by atoms with Gasteiger partial charge < -0.3 is 15.0 Å². The summed E-state index contributed by atoms with van der Waals surface area (Å²) in [4.78, 5) is 40.1. The SMILES string of the molecule is O=C(Cn1c(=O)cc(C(=O)N2CCOCC2)c2ccccc21)NCc1cccc(Cl)c1. The monoisotopic (exact) mass is 439 g/mol. The molecule has 1 aliphatic heterocycles. The number of para-hydroxylation sites is 1. The van der Waals surface area contributed by atoms with Crippen LogP contribution in [0.4, 0.5) is 0 Å². The molecule has 7 nitrogen and oxygen atoms in total. The fourth-order valence-electron chi connectivity index (χ4n) is 3.66. The molecule has 4 rings (SSSR count). The lowest BCUT2D eigenvalue weighted by atomic mass is 10.1. The molecule has 0 atom stereocenters. The zero-order valence-electron chi connectivity index (χ0n) is 16.8. The van der Waals surface area contributed by atoms with E-state index in [2.05, 4.69) is 5.32 Å². The van der Waals surface area contributed by atoms with Crippen molar-refractivity contribution in [2.24, 2.45) is 0 Å². The summed E-state index contributed by atoms with van der Waals surface area (Å²) in [5.74, 6) is -0.506. The molecule has 2 heterocycles. The molecule has 0 aliphatic carbocycles. The van der Waals surface area contributed by atoms with E-state index in [1.54, 1.807) is 35.2 Å². The van der Waals surface area contributed by atoms with E-state index in [1.807, 2.05) is 18.2 Å². The lowest BCUT2D eigenvalue weighted by molar-refractivity contribution is -0.121. The van der Waals surface area contributed by atoms with Gasteiger partial charge in [0.15, 0.2) is 0 Å². The number of nitrogens with one attached hydrogen (secondary N) is 1. The van der Waals surface area contributed by atoms with Crippen LogP contribution in [0.15, 0.2) is 59.4 Å². The first kappa shape index (κ1) is 21.1. The zero-order chi connectivity index (χ0) is 21.8. The molecular formula is C23H22ClN3O4. The average molecular weight is 440 g/mol. The van der Waals surface area contributed by atoms with Gasteiger partial charge in [-0.05, 0) is 23.8 Å². The largest absolute Gasteiger partial charge is 0.378 e. The highest BCUT2D eigenvalue weighted by Crippen LogP contribution is 2.19. The van der Waals surface area contributed by atoms with Crippen molar-refractivity contribution >= 4 is 34.3 Å². The van der Waals surface area contributed by atoms with E-state index < -0.39 is 5.56 Å². The summed E-state index contributed by atoms with van der Waals surface area (Å²) in [7, 11) is 0. The molecule has 3 aromatic rings. The smallest absolute Gasteiger partial charge is 0.254 e. The van der Waals surface area contributed by atoms with Crippen molar-refractivity contribution in [3.05, 3.63) is 81.1 Å². The number of hydrogen-bond acceptors (Lipinski definition) is 4. The highest BCUT2D eigenvalue weighted by Gasteiger charge is 2.22. The van der Waals surface area contributed by atoms with Crippen LogP contribution in [0.1, 0.15) is 15.9 Å². The van der Waals surface area contributed by atoms with E-state index in [0.29, 0.717) is 54.3 Å². The average Bonchev–Trinajstić information content (AvgIpc) is 2.79. The van der Waals surface area contributed by atoms with Crippen molar-refractivity contribution in [2.75, 3.05) is 26.3 Å². The third kappa shape index (κ3) is 4.78. The Labute approximate surface area is 184 Å². The normalized spacial score (nSPS) is 13.9. The van der Waals surface area contributed by atoms with E-state index >= 15 is 0 Å². The summed E-state index contributed by atoms with van der Waals surface area (Å²) in [6.07, 6.45) is 0. The fourth-order valence-corrected chi connectivity index (χ4v) is 3.87. The van der Waals surface area contributed by atoms with Crippen molar-refractivity contribution in [3.8, 4) is 0 Å². The number of hydrogen-bond donors (Lipinski definition) is 1. The van der Waals surface area contributed by atoms with Crippen LogP contribution in [0.5, 0.6) is 0 Å². The molecular weight excluding hydrogens is 418 g/mol. The Morgan fingerprint density at radius 1 is 1.03 bits per heavy atom. The second kappa shape index (κ2) is 9.32. The standard InChI is InChI=1S/C23H22ClN3O4/c24-17-5-3-4-16(12-17)14-25-21(28)15-27-20-7-2-1-6-18(20)19(13-22(27)29)23(30)26-8-10-31-11-9-26/h1-7,12-13H,8-11,14-15H2,(H,25,28). The maximum absolute atomic E-state index is 13.0. The fraction of sp³-hybridized carbons (Fsp3) is 0.261. The molecule has 0 radical (unpaired) electrons. The molecule has 0 bridgehead atoms. The van der Waals surface area contributed by atoms with E-state index in [0.717, 1.165) is 5.56 Å². The number of nitrogens with zero attached hydrogens (tertiary/aromatic N) is 2. The van der Waals surface area contributed by atoms with E-state index in [9.17, 15) is 14.4 Å². The quantitative estimate of drug-likeness (QED) is 0.662. The van der Waals surface area contributed by atoms with E-state index in [1.165, 1.54) is 10.6 Å². The highest BCUT2D eigenvalue weighted by molar-refractivity contribution is 6.30. The van der Waals surface area contributed by atoms with Gasteiger partial charge >= 0.3 is 0 Å². The van der Waals surface area contributed by atoms with Crippen LogP contribution in [0.25, 0.3) is 10.9 Å². The van der Waals surface area contributed by atoms with Gasteiger partial charge in [0.05, 0.1) is 24.3 Å². The Bertz CT molecular complexity index is 1180. The lowest BCUT2D eigenvalue weighted by Crippen LogP contribution is -2.41. The van der Waals surface area contributed by atoms with Crippen molar-refractivity contribution < 1.29 is 14.3 Å². The topological polar surface area (TPSA) is 80.6 Å². The maximum atomic E-state index is 13.0. The minimum absolute atomic E-state index is 0.147. The third-order valence-corrected chi connectivity index (χ3v) is 5.46. The molecule has 0 spiro atoms. The summed E-state index contributed by atoms with van der Waals surface area (Å²) < 4.78 is 6.70. The second-order valence-corrected chi connectivity index (χ2v) is 7.75. The molecule has 2 amide bonds. The molecule has 1 aliphatic rings. The molecule has 8 heteroatoms. The summed E-state index contributed by atoms with van der Waals surface area (Å²) >= 11 is 5.98. The molecule has 1 aromatic heterocycles. The minimum atomic E-state index is -0.395. The van der Waals surface area contributed by atoms with Gasteiger partial charge in [-0.2, -0.15) is 0 Å². The Balaban J connectivity index is 1.58. The Morgan fingerprint density at radius 2 is 1.81 bits per heavy atom. The number of amides is 2. The van der Waals surface area contributed by atoms with Gasteiger partial charge in [-0.15, -0.1) is 0 Å². The van der Waals surface area contributed by atoms with Crippen molar-refractivity contribution in [3.63, 3.8) is 0 Å². The molecule has 1 N–H and O–H groups in total. The van der Waals surface area contributed by atoms with Crippen LogP contribution in [-0.2, 0) is 22.6 Å². The van der Waals surface area contributed by atoms with Gasteiger partial charge in [0.2, 0.25) is 5.91 Å². The minimum Gasteiger partial charge on any atom is -0.378 e. The van der Waals surface area contributed by atoms with Crippen molar-refractivity contribution in [2.45, 2.75) is 13.1 Å². The van der Waals surface area contributed by atoms with Crippen LogP contribution >= 0.6 is 11.6 Å². The number of carbonyl (C=O) groups is 2. The van der Waals surface area contributed by atoms with Crippen LogP contribution in [0, 0.1) is 0 Å². The number of fused-ring (bicyclic) bond motifs is 1. The summed E-state index contributed by atoms with van der Waals surface area (Å²) in [6, 6.07) is 15.7. The van der Waals surface area contributed by atoms with Crippen LogP contribution in [0.2, 0.25) is 5.02 Å². The Hall–Kier alpha value is -3.16. The predicted octanol–water partition coefficient (Wildman–Crippen LogP) is 2.44. The first-order valence-electron chi connectivity index (χ1n) is 10.0. The molecule has 1 fully saturated rings. The molecule has 2 aromatic carbocycles. The molecule has 31 heavy (non-hydrogen) atoms. The van der Waals surface area contributed by atoms with E-state index in [-0.39, 0.29) is 18.4 Å². The predicted molar refractivity (Wildman–Crippen MR) is 118 cm³/mol. The van der Waals surface area contributed by atoms with Crippen LogP contribution in [0.3, 0.4) is 0 Å². The van der Waals surface area contributed by atoms with Gasteiger partial charge in [-0.1, -0.05) is 41.9 Å². The Kier molecular flexibility index (Phi) is 6.34. The van der Waals surface area contributed by atoms with Gasteiger partial charge in [0.1, 0.15) is 6.54 Å². The van der Waals surface area contributed by atoms with Crippen LogP contribution in [-0.4, -0.2) is 47.6 Å². The number of carbonyl (C=O) groups excluding carboxylic acids is 2. The van der Waals surface area contributed by atoms with Gasteiger partial charge in [0, 0.05) is 36.1 Å². The first-order valence-corrected chi connectivity index (χ1v) is 10.4. The summed E-state index contributed by atoms with van der Waals surface area (Å²) in [6.45, 7) is 2.09. The second-order valence-electron chi connectivity index (χ2n) is 7.31. The number of ether oxygens (including phenoxy) is 1. The summed E-state index contributed by atoms with van der Waals surface area (Å²) in [5.41, 5.74) is 1.36. The molecule has 160 valence electrons.